The van der Waals surface area contributed by atoms with Crippen LogP contribution in [0.2, 0.25) is 5.02 Å². The van der Waals surface area contributed by atoms with Crippen LogP contribution >= 0.6 is 11.6 Å². The molecule has 12 heteroatoms. The molecule has 0 radical (unpaired) electrons. The lowest BCUT2D eigenvalue weighted by molar-refractivity contribution is 0.00441. The van der Waals surface area contributed by atoms with Gasteiger partial charge in [-0.15, -0.1) is 0 Å². The first kappa shape index (κ1) is 31.0. The summed E-state index contributed by atoms with van der Waals surface area (Å²) in [5, 5.41) is 3.05. The van der Waals surface area contributed by atoms with Gasteiger partial charge < -0.3 is 35.3 Å². The van der Waals surface area contributed by atoms with Gasteiger partial charge >= 0.3 is 5.97 Å². The monoisotopic (exact) mass is 588 g/mol. The lowest BCUT2D eigenvalue weighted by atomic mass is 10.0. The number of benzene rings is 1. The van der Waals surface area contributed by atoms with Gasteiger partial charge in [0.05, 0.1) is 22.7 Å². The number of methoxy groups -OCH3 is 1. The molecule has 1 amide bonds. The van der Waals surface area contributed by atoms with Gasteiger partial charge in [-0.3, -0.25) is 14.5 Å². The number of piperidine rings is 2. The highest BCUT2D eigenvalue weighted by molar-refractivity contribution is 6.33. The van der Waals surface area contributed by atoms with E-state index in [4.69, 9.17) is 26.8 Å². The summed E-state index contributed by atoms with van der Waals surface area (Å²) in [4.78, 5) is 46.6. The van der Waals surface area contributed by atoms with Crippen molar-refractivity contribution >= 4 is 29.3 Å². The SMILES string of the molecule is CO[C@H]1CN(CCN(C)Cc2ccc(C(=O)OC3CCN(C)CC3)cc2)CC[C@H]1NC(=O)c1cc(Cl)c(N)[nH]c1=O. The van der Waals surface area contributed by atoms with E-state index < -0.39 is 11.5 Å². The first-order chi connectivity index (χ1) is 19.6. The van der Waals surface area contributed by atoms with Crippen molar-refractivity contribution in [2.24, 2.45) is 0 Å². The highest BCUT2D eigenvalue weighted by atomic mass is 35.5. The lowest BCUT2D eigenvalue weighted by Crippen LogP contribution is -2.55. The Morgan fingerprint density at radius 1 is 1.17 bits per heavy atom. The molecule has 1 aromatic heterocycles. The molecule has 2 saturated heterocycles. The number of hydrogen-bond donors (Lipinski definition) is 3. The minimum atomic E-state index is -0.582. The Morgan fingerprint density at radius 2 is 1.88 bits per heavy atom. The van der Waals surface area contributed by atoms with Crippen LogP contribution in [0.1, 0.15) is 45.5 Å². The molecular weight excluding hydrogens is 548 g/mol. The van der Waals surface area contributed by atoms with Crippen LogP contribution in [0.25, 0.3) is 0 Å². The zero-order chi connectivity index (χ0) is 29.5. The number of pyridine rings is 1. The number of H-pyrrole nitrogens is 1. The number of ether oxygens (including phenoxy) is 2. The number of rotatable bonds is 10. The van der Waals surface area contributed by atoms with Gasteiger partial charge in [-0.05, 0) is 57.1 Å². The molecule has 4 rings (SSSR count). The molecule has 0 spiro atoms. The summed E-state index contributed by atoms with van der Waals surface area (Å²) in [6, 6.07) is 8.70. The van der Waals surface area contributed by atoms with Gasteiger partial charge in [-0.1, -0.05) is 23.7 Å². The Morgan fingerprint density at radius 3 is 2.56 bits per heavy atom. The van der Waals surface area contributed by atoms with E-state index in [1.54, 1.807) is 7.11 Å². The molecule has 11 nitrogen and oxygen atoms in total. The Hall–Kier alpha value is -2.96. The molecule has 2 fully saturated rings. The van der Waals surface area contributed by atoms with Crippen molar-refractivity contribution in [3.05, 3.63) is 62.4 Å². The summed E-state index contributed by atoms with van der Waals surface area (Å²) in [6.45, 7) is 5.77. The van der Waals surface area contributed by atoms with Crippen molar-refractivity contribution in [1.29, 1.82) is 0 Å². The van der Waals surface area contributed by atoms with Crippen LogP contribution in [-0.4, -0.2) is 110 Å². The maximum atomic E-state index is 12.8. The Labute approximate surface area is 245 Å². The Bertz CT molecular complexity index is 1250. The second-order valence-corrected chi connectivity index (χ2v) is 11.5. The maximum absolute atomic E-state index is 12.8. The van der Waals surface area contributed by atoms with Crippen molar-refractivity contribution in [2.75, 3.05) is 66.2 Å². The van der Waals surface area contributed by atoms with E-state index in [0.717, 1.165) is 57.7 Å². The number of likely N-dealkylation sites (tertiary alicyclic amines) is 2. The Balaban J connectivity index is 1.21. The van der Waals surface area contributed by atoms with Crippen LogP contribution in [-0.2, 0) is 16.0 Å². The highest BCUT2D eigenvalue weighted by Gasteiger charge is 2.31. The number of hydrogen-bond acceptors (Lipinski definition) is 9. The third kappa shape index (κ3) is 8.52. The van der Waals surface area contributed by atoms with Gasteiger partial charge in [-0.2, -0.15) is 0 Å². The van der Waals surface area contributed by atoms with Crippen molar-refractivity contribution in [3.63, 3.8) is 0 Å². The molecule has 1 aromatic carbocycles. The average molecular weight is 589 g/mol. The van der Waals surface area contributed by atoms with Crippen molar-refractivity contribution in [2.45, 2.75) is 44.1 Å². The van der Waals surface area contributed by atoms with E-state index in [1.165, 1.54) is 6.07 Å². The number of nitrogen functional groups attached to an aromatic ring is 1. The van der Waals surface area contributed by atoms with Gasteiger partial charge in [-0.25, -0.2) is 4.79 Å². The molecule has 41 heavy (non-hydrogen) atoms. The molecule has 2 aliphatic rings. The number of esters is 1. The Kier molecular flexibility index (Phi) is 10.8. The van der Waals surface area contributed by atoms with Gasteiger partial charge in [0.25, 0.3) is 11.5 Å². The summed E-state index contributed by atoms with van der Waals surface area (Å²) in [6.07, 6.45) is 2.22. The molecular formula is C29H41ClN6O5. The first-order valence-electron chi connectivity index (χ1n) is 14.0. The number of likely N-dealkylation sites (N-methyl/N-ethyl adjacent to an activating group) is 1. The van der Waals surface area contributed by atoms with Crippen LogP contribution in [0.15, 0.2) is 35.1 Å². The molecule has 0 unspecified atom stereocenters. The second kappa shape index (κ2) is 14.3. The minimum Gasteiger partial charge on any atom is -0.459 e. The van der Waals surface area contributed by atoms with E-state index in [1.807, 2.05) is 24.3 Å². The number of aromatic amines is 1. The number of halogens is 1. The third-order valence-corrected chi connectivity index (χ3v) is 8.22. The number of amides is 1. The standard InChI is InChI=1S/C29H41ClN6O5/c1-34-11-8-21(9-12-34)41-29(39)20-6-4-19(5-7-20)17-35(2)14-15-36-13-10-24(25(18-36)40-3)32-27(37)22-16-23(30)26(31)33-28(22)38/h4-7,16,21,24-25H,8-15,17-18H2,1-3H3,(H,32,37)(H3,31,33,38)/t24-,25+/m1/s1. The fourth-order valence-electron chi connectivity index (χ4n) is 5.29. The quantitative estimate of drug-likeness (QED) is 0.355. The highest BCUT2D eigenvalue weighted by Crippen LogP contribution is 2.18. The van der Waals surface area contributed by atoms with Gasteiger partial charge in [0, 0.05) is 52.9 Å². The molecule has 2 atom stereocenters. The van der Waals surface area contributed by atoms with Crippen LogP contribution in [0.4, 0.5) is 5.82 Å². The maximum Gasteiger partial charge on any atom is 0.338 e. The number of nitrogens with one attached hydrogen (secondary N) is 2. The fourth-order valence-corrected chi connectivity index (χ4v) is 5.45. The number of nitrogens with two attached hydrogens (primary N) is 1. The third-order valence-electron chi connectivity index (χ3n) is 7.91. The molecule has 2 aromatic rings. The van der Waals surface area contributed by atoms with Crippen LogP contribution in [0.3, 0.4) is 0 Å². The summed E-state index contributed by atoms with van der Waals surface area (Å²) >= 11 is 5.98. The molecule has 2 aliphatic heterocycles. The predicted molar refractivity (Wildman–Crippen MR) is 158 cm³/mol. The van der Waals surface area contributed by atoms with E-state index in [0.29, 0.717) is 18.5 Å². The molecule has 0 aliphatic carbocycles. The summed E-state index contributed by atoms with van der Waals surface area (Å²) < 4.78 is 11.4. The van der Waals surface area contributed by atoms with Crippen molar-refractivity contribution < 1.29 is 19.1 Å². The molecule has 0 saturated carbocycles. The van der Waals surface area contributed by atoms with Gasteiger partial charge in [0.1, 0.15) is 17.5 Å². The van der Waals surface area contributed by atoms with Gasteiger partial charge in [0.2, 0.25) is 0 Å². The minimum absolute atomic E-state index is 0.00396. The van der Waals surface area contributed by atoms with E-state index in [-0.39, 0.29) is 40.6 Å². The predicted octanol–water partition coefficient (Wildman–Crippen LogP) is 1.81. The van der Waals surface area contributed by atoms with Crippen molar-refractivity contribution in [3.8, 4) is 0 Å². The summed E-state index contributed by atoms with van der Waals surface area (Å²) in [5.41, 5.74) is 6.65. The number of anilines is 1. The second-order valence-electron chi connectivity index (χ2n) is 11.1. The van der Waals surface area contributed by atoms with E-state index in [2.05, 4.69) is 39.1 Å². The van der Waals surface area contributed by atoms with Crippen LogP contribution < -0.4 is 16.6 Å². The number of carbonyl (C=O) groups excluding carboxylic acids is 2. The van der Waals surface area contributed by atoms with Crippen molar-refractivity contribution in [1.82, 2.24) is 25.0 Å². The molecule has 0 bridgehead atoms. The summed E-state index contributed by atoms with van der Waals surface area (Å²) in [5.74, 6) is -0.730. The average Bonchev–Trinajstić information content (AvgIpc) is 2.96. The number of aromatic nitrogens is 1. The van der Waals surface area contributed by atoms with E-state index in [9.17, 15) is 14.4 Å². The fraction of sp³-hybridized carbons (Fsp3) is 0.552. The number of nitrogens with zero attached hydrogens (tertiary/aromatic N) is 3. The van der Waals surface area contributed by atoms with Gasteiger partial charge in [0.15, 0.2) is 0 Å². The topological polar surface area (TPSA) is 133 Å². The molecule has 3 heterocycles. The molecule has 224 valence electrons. The largest absolute Gasteiger partial charge is 0.459 e. The van der Waals surface area contributed by atoms with Crippen LogP contribution in [0.5, 0.6) is 0 Å². The summed E-state index contributed by atoms with van der Waals surface area (Å²) in [7, 11) is 5.78. The zero-order valence-electron chi connectivity index (χ0n) is 24.0. The van der Waals surface area contributed by atoms with E-state index >= 15 is 0 Å². The normalized spacial score (nSPS) is 20.7. The number of carbonyl (C=O) groups is 2. The first-order valence-corrected chi connectivity index (χ1v) is 14.4. The lowest BCUT2D eigenvalue weighted by Gasteiger charge is -2.38. The smallest absolute Gasteiger partial charge is 0.338 e. The zero-order valence-corrected chi connectivity index (χ0v) is 24.8. The molecule has 4 N–H and O–H groups in total. The van der Waals surface area contributed by atoms with Crippen LogP contribution in [0, 0.1) is 0 Å².